The van der Waals surface area contributed by atoms with Crippen LogP contribution in [-0.2, 0) is 19.4 Å². The second kappa shape index (κ2) is 7.37. The van der Waals surface area contributed by atoms with E-state index < -0.39 is 15.4 Å². The van der Waals surface area contributed by atoms with Gasteiger partial charge in [0.2, 0.25) is 0 Å². The molecule has 0 saturated carbocycles. The average Bonchev–Trinajstić information content (AvgIpc) is 2.76. The maximum atomic E-state index is 12.4. The number of hydrogen-bond donors (Lipinski definition) is 0. The summed E-state index contributed by atoms with van der Waals surface area (Å²) in [6.45, 7) is 3.67. The summed E-state index contributed by atoms with van der Waals surface area (Å²) in [5.74, 6) is -0.367. The summed E-state index contributed by atoms with van der Waals surface area (Å²) in [5.41, 5.74) is 2.06. The molecule has 0 radical (unpaired) electrons. The Bertz CT molecular complexity index is 931. The van der Waals surface area contributed by atoms with Crippen molar-refractivity contribution in [3.63, 3.8) is 0 Å². The van der Waals surface area contributed by atoms with Crippen molar-refractivity contribution in [2.24, 2.45) is 0 Å². The summed E-state index contributed by atoms with van der Waals surface area (Å²) in [7, 11) is -3.26. The lowest BCUT2D eigenvalue weighted by Crippen LogP contribution is -2.22. The van der Waals surface area contributed by atoms with Gasteiger partial charge in [0.25, 0.3) is 0 Å². The van der Waals surface area contributed by atoms with Gasteiger partial charge in [-0.3, -0.25) is 9.41 Å². The molecule has 2 aromatic carbocycles. The van der Waals surface area contributed by atoms with Crippen molar-refractivity contribution >= 4 is 27.0 Å². The molecule has 4 nitrogen and oxygen atoms in total. The molecular weight excluding hydrogens is 362 g/mol. The Labute approximate surface area is 151 Å². The minimum atomic E-state index is -3.26. The fourth-order valence-electron chi connectivity index (χ4n) is 2.96. The van der Waals surface area contributed by atoms with E-state index in [9.17, 15) is 13.2 Å². The van der Waals surface area contributed by atoms with E-state index in [0.717, 1.165) is 16.7 Å². The molecule has 3 rings (SSSR count). The Morgan fingerprint density at radius 1 is 0.846 bits per heavy atom. The Morgan fingerprint density at radius 2 is 1.38 bits per heavy atom. The normalized spacial score (nSPS) is 15.7. The smallest absolute Gasteiger partial charge is 0.340 e. The van der Waals surface area contributed by atoms with Crippen LogP contribution in [0.3, 0.4) is 0 Å². The van der Waals surface area contributed by atoms with Gasteiger partial charge in [0, 0.05) is 11.8 Å². The van der Waals surface area contributed by atoms with Crippen LogP contribution in [0, 0.1) is 0 Å². The molecule has 1 heterocycles. The molecule has 0 amide bonds. The van der Waals surface area contributed by atoms with Crippen LogP contribution < -0.4 is 0 Å². The van der Waals surface area contributed by atoms with Crippen LogP contribution in [0.5, 0.6) is 0 Å². The first kappa shape index (κ1) is 21.5. The molecule has 2 aromatic rings. The van der Waals surface area contributed by atoms with E-state index in [2.05, 4.69) is 0 Å². The highest BCUT2D eigenvalue weighted by Gasteiger charge is 2.41. The van der Waals surface area contributed by atoms with Gasteiger partial charge in [-0.1, -0.05) is 42.5 Å². The molecule has 0 aliphatic carbocycles. The van der Waals surface area contributed by atoms with E-state index in [1.165, 1.54) is 6.26 Å². The highest BCUT2D eigenvalue weighted by molar-refractivity contribution is 7.90. The van der Waals surface area contributed by atoms with Gasteiger partial charge in [0.05, 0.1) is 10.5 Å². The second-order valence-electron chi connectivity index (χ2n) is 6.31. The standard InChI is InChI=1S/C19H18O4S.2FH/c1-19(2)17(14-9-11-15(12-10-14)24(3,21)22)16(18(20)23-19)13-7-5-4-6-8-13;;/h4-12H,1-3H3;2*1H. The molecule has 0 bridgehead atoms. The van der Waals surface area contributed by atoms with Gasteiger partial charge in [-0.15, -0.1) is 0 Å². The van der Waals surface area contributed by atoms with Gasteiger partial charge in [-0.25, -0.2) is 13.2 Å². The fraction of sp³-hybridized carbons (Fsp3) is 0.211. The van der Waals surface area contributed by atoms with Crippen molar-refractivity contribution in [3.8, 4) is 0 Å². The lowest BCUT2D eigenvalue weighted by atomic mass is 9.87. The van der Waals surface area contributed by atoms with Gasteiger partial charge in [0.15, 0.2) is 9.84 Å². The maximum Gasteiger partial charge on any atom is 0.340 e. The topological polar surface area (TPSA) is 60.4 Å². The van der Waals surface area contributed by atoms with Gasteiger partial charge >= 0.3 is 5.97 Å². The van der Waals surface area contributed by atoms with E-state index in [4.69, 9.17) is 4.74 Å². The molecule has 0 atom stereocenters. The lowest BCUT2D eigenvalue weighted by Gasteiger charge is -2.21. The number of ether oxygens (including phenoxy) is 1. The molecule has 0 unspecified atom stereocenters. The minimum absolute atomic E-state index is 0. The fourth-order valence-corrected chi connectivity index (χ4v) is 3.60. The molecule has 140 valence electrons. The predicted octanol–water partition coefficient (Wildman–Crippen LogP) is 3.64. The van der Waals surface area contributed by atoms with Gasteiger partial charge in [0.1, 0.15) is 5.60 Å². The predicted molar refractivity (Wildman–Crippen MR) is 98.0 cm³/mol. The third-order valence-electron chi connectivity index (χ3n) is 4.04. The molecule has 7 heteroatoms. The zero-order valence-corrected chi connectivity index (χ0v) is 15.4. The number of carbonyl (C=O) groups excluding carboxylic acids is 1. The second-order valence-corrected chi connectivity index (χ2v) is 8.33. The first-order chi connectivity index (χ1) is 11.2. The lowest BCUT2D eigenvalue weighted by molar-refractivity contribution is -0.141. The molecule has 0 fully saturated rings. The number of benzene rings is 2. The quantitative estimate of drug-likeness (QED) is 0.761. The third-order valence-corrected chi connectivity index (χ3v) is 5.17. The molecule has 0 aromatic heterocycles. The maximum absolute atomic E-state index is 12.4. The van der Waals surface area contributed by atoms with Crippen molar-refractivity contribution in [2.45, 2.75) is 24.3 Å². The number of cyclic esters (lactones) is 1. The molecule has 1 aliphatic rings. The summed E-state index contributed by atoms with van der Waals surface area (Å²) >= 11 is 0. The number of rotatable bonds is 3. The van der Waals surface area contributed by atoms with E-state index in [-0.39, 0.29) is 20.3 Å². The molecular formula is C19H20F2O4S. The van der Waals surface area contributed by atoms with Crippen LogP contribution in [0.1, 0.15) is 25.0 Å². The van der Waals surface area contributed by atoms with Crippen LogP contribution in [0.4, 0.5) is 9.41 Å². The number of carbonyl (C=O) groups is 1. The average molecular weight is 382 g/mol. The molecule has 0 saturated heterocycles. The molecule has 0 N–H and O–H groups in total. The number of halogens is 2. The number of esters is 1. The third kappa shape index (κ3) is 3.83. The van der Waals surface area contributed by atoms with E-state index in [1.54, 1.807) is 24.3 Å². The summed E-state index contributed by atoms with van der Waals surface area (Å²) in [6.07, 6.45) is 1.17. The highest BCUT2D eigenvalue weighted by atomic mass is 32.2. The van der Waals surface area contributed by atoms with Crippen molar-refractivity contribution in [1.29, 1.82) is 0 Å². The summed E-state index contributed by atoms with van der Waals surface area (Å²) in [4.78, 5) is 12.7. The van der Waals surface area contributed by atoms with Crippen LogP contribution in [0.2, 0.25) is 0 Å². The van der Waals surface area contributed by atoms with Gasteiger partial charge < -0.3 is 4.74 Å². The zero-order valence-electron chi connectivity index (χ0n) is 14.6. The van der Waals surface area contributed by atoms with Crippen LogP contribution in [-0.4, -0.2) is 26.2 Å². The molecule has 1 aliphatic heterocycles. The van der Waals surface area contributed by atoms with Crippen molar-refractivity contribution in [3.05, 3.63) is 65.7 Å². The van der Waals surface area contributed by atoms with E-state index in [1.807, 2.05) is 44.2 Å². The van der Waals surface area contributed by atoms with Gasteiger partial charge in [-0.05, 0) is 37.1 Å². The van der Waals surface area contributed by atoms with Crippen molar-refractivity contribution in [2.75, 3.05) is 6.26 Å². The summed E-state index contributed by atoms with van der Waals surface area (Å²) in [6, 6.07) is 15.9. The monoisotopic (exact) mass is 382 g/mol. The van der Waals surface area contributed by atoms with E-state index >= 15 is 0 Å². The van der Waals surface area contributed by atoms with Crippen molar-refractivity contribution < 1.29 is 27.4 Å². The zero-order chi connectivity index (χ0) is 17.5. The molecule has 0 spiro atoms. The Balaban J connectivity index is 0.00000169. The number of sulfone groups is 1. The van der Waals surface area contributed by atoms with Crippen LogP contribution >= 0.6 is 0 Å². The summed E-state index contributed by atoms with van der Waals surface area (Å²) in [5, 5.41) is 0. The Morgan fingerprint density at radius 3 is 1.88 bits per heavy atom. The largest absolute Gasteiger partial charge is 0.451 e. The first-order valence-electron chi connectivity index (χ1n) is 7.54. The Hall–Kier alpha value is -2.54. The van der Waals surface area contributed by atoms with Crippen LogP contribution in [0.25, 0.3) is 11.1 Å². The minimum Gasteiger partial charge on any atom is -0.451 e. The van der Waals surface area contributed by atoms with Gasteiger partial charge in [-0.2, -0.15) is 0 Å². The van der Waals surface area contributed by atoms with Crippen molar-refractivity contribution in [1.82, 2.24) is 0 Å². The summed E-state index contributed by atoms with van der Waals surface area (Å²) < 4.78 is 28.8. The Kier molecular flexibility index (Phi) is 6.10. The molecule has 26 heavy (non-hydrogen) atoms. The first-order valence-corrected chi connectivity index (χ1v) is 9.43. The number of hydrogen-bond acceptors (Lipinski definition) is 4. The van der Waals surface area contributed by atoms with Crippen LogP contribution in [0.15, 0.2) is 59.5 Å². The SMILES string of the molecule is CC1(C)OC(=O)C(c2ccccc2)=C1c1ccc(S(C)(=O)=O)cc1.F.F. The highest BCUT2D eigenvalue weighted by Crippen LogP contribution is 2.43. The van der Waals surface area contributed by atoms with E-state index in [0.29, 0.717) is 5.57 Å².